The van der Waals surface area contributed by atoms with Crippen molar-refractivity contribution in [1.82, 2.24) is 0 Å². The lowest BCUT2D eigenvalue weighted by molar-refractivity contribution is -0.137. The Labute approximate surface area is 120 Å². The normalized spacial score (nSPS) is 12.3. The molecule has 2 rings (SSSR count). The van der Waals surface area contributed by atoms with Crippen LogP contribution in [-0.2, 0) is 11.8 Å². The van der Waals surface area contributed by atoms with Crippen molar-refractivity contribution >= 4 is 0 Å². The molecule has 2 aromatic carbocycles. The van der Waals surface area contributed by atoms with Gasteiger partial charge in [0.15, 0.2) is 0 Å². The van der Waals surface area contributed by atoms with Crippen LogP contribution in [-0.4, -0.2) is 0 Å². The number of hydrogen-bond acceptors (Lipinski definition) is 1. The molecule has 21 heavy (non-hydrogen) atoms. The summed E-state index contributed by atoms with van der Waals surface area (Å²) in [6.07, 6.45) is -4.38. The number of ether oxygens (including phenoxy) is 1. The minimum Gasteiger partial charge on any atom is -0.483 e. The van der Waals surface area contributed by atoms with Crippen molar-refractivity contribution in [2.24, 2.45) is 0 Å². The average Bonchev–Trinajstić information content (AvgIpc) is 2.38. The summed E-state index contributed by atoms with van der Waals surface area (Å²) in [5.74, 6) is -0.103. The van der Waals surface area contributed by atoms with Gasteiger partial charge in [0.2, 0.25) is 0 Å². The Balaban J connectivity index is 2.20. The van der Waals surface area contributed by atoms with Gasteiger partial charge in [-0.1, -0.05) is 12.1 Å². The first-order valence-electron chi connectivity index (χ1n) is 6.31. The molecule has 0 radical (unpaired) electrons. The molecule has 0 saturated heterocycles. The zero-order valence-electron chi connectivity index (χ0n) is 11.5. The van der Waals surface area contributed by atoms with Gasteiger partial charge >= 0.3 is 6.18 Å². The molecule has 0 amide bonds. The molecular weight excluding hydrogens is 284 g/mol. The zero-order chi connectivity index (χ0) is 15.7. The maximum Gasteiger partial charge on any atom is 0.416 e. The maximum absolute atomic E-state index is 13.2. The second-order valence-corrected chi connectivity index (χ2v) is 5.14. The van der Waals surface area contributed by atoms with E-state index >= 15 is 0 Å². The molecule has 5 heteroatoms. The van der Waals surface area contributed by atoms with Crippen molar-refractivity contribution in [2.45, 2.75) is 25.6 Å². The van der Waals surface area contributed by atoms with Crippen LogP contribution in [0, 0.1) is 5.82 Å². The predicted molar refractivity (Wildman–Crippen MR) is 71.5 cm³/mol. The lowest BCUT2D eigenvalue weighted by Crippen LogP contribution is -2.25. The Morgan fingerprint density at radius 2 is 1.48 bits per heavy atom. The van der Waals surface area contributed by atoms with Crippen LogP contribution in [0.4, 0.5) is 17.6 Å². The van der Waals surface area contributed by atoms with E-state index in [1.807, 2.05) is 0 Å². The van der Waals surface area contributed by atoms with Gasteiger partial charge in [0.1, 0.15) is 17.2 Å². The van der Waals surface area contributed by atoms with Gasteiger partial charge in [-0.3, -0.25) is 0 Å². The lowest BCUT2D eigenvalue weighted by Gasteiger charge is -2.27. The minimum absolute atomic E-state index is 0.289. The highest BCUT2D eigenvalue weighted by molar-refractivity contribution is 5.31. The van der Waals surface area contributed by atoms with Crippen LogP contribution in [0.2, 0.25) is 0 Å². The first-order chi connectivity index (χ1) is 9.68. The van der Waals surface area contributed by atoms with E-state index in [1.165, 1.54) is 24.3 Å². The Morgan fingerprint density at radius 1 is 0.857 bits per heavy atom. The molecule has 2 aromatic rings. The average molecular weight is 298 g/mol. The summed E-state index contributed by atoms with van der Waals surface area (Å²) in [5.41, 5.74) is -0.997. The molecule has 0 aliphatic rings. The molecule has 1 nitrogen and oxygen atoms in total. The third-order valence-electron chi connectivity index (χ3n) is 3.07. The van der Waals surface area contributed by atoms with Crippen molar-refractivity contribution in [2.75, 3.05) is 0 Å². The number of halogens is 4. The first-order valence-corrected chi connectivity index (χ1v) is 6.31. The van der Waals surface area contributed by atoms with Crippen LogP contribution in [0.25, 0.3) is 0 Å². The van der Waals surface area contributed by atoms with Gasteiger partial charge in [0.25, 0.3) is 0 Å². The first kappa shape index (κ1) is 15.4. The molecule has 0 heterocycles. The fourth-order valence-corrected chi connectivity index (χ4v) is 1.93. The number of benzene rings is 2. The van der Waals surface area contributed by atoms with Gasteiger partial charge in [-0.25, -0.2) is 4.39 Å². The molecule has 0 N–H and O–H groups in total. The fraction of sp³-hybridized carbons (Fsp3) is 0.250. The molecular formula is C16H14F4O. The summed E-state index contributed by atoms with van der Waals surface area (Å²) in [5, 5.41) is 0. The van der Waals surface area contributed by atoms with Gasteiger partial charge in [0.05, 0.1) is 5.56 Å². The monoisotopic (exact) mass is 298 g/mol. The lowest BCUT2D eigenvalue weighted by atomic mass is 9.98. The van der Waals surface area contributed by atoms with Crippen LogP contribution >= 0.6 is 0 Å². The smallest absolute Gasteiger partial charge is 0.416 e. The van der Waals surface area contributed by atoms with Crippen molar-refractivity contribution in [3.05, 3.63) is 65.5 Å². The molecule has 0 spiro atoms. The van der Waals surface area contributed by atoms with Crippen molar-refractivity contribution in [3.63, 3.8) is 0 Å². The molecule has 0 aliphatic carbocycles. The third-order valence-corrected chi connectivity index (χ3v) is 3.07. The Bertz CT molecular complexity index is 615. The van der Waals surface area contributed by atoms with E-state index in [2.05, 4.69) is 0 Å². The Hall–Kier alpha value is -2.04. The van der Waals surface area contributed by atoms with E-state index < -0.39 is 23.2 Å². The zero-order valence-corrected chi connectivity index (χ0v) is 11.5. The highest BCUT2D eigenvalue weighted by Gasteiger charge is 2.30. The van der Waals surface area contributed by atoms with Crippen molar-refractivity contribution < 1.29 is 22.3 Å². The van der Waals surface area contributed by atoms with Gasteiger partial charge in [0, 0.05) is 0 Å². The standard InChI is InChI=1S/C16H14F4O/c1-15(2,12-4-3-5-13(17)10-12)21-14-8-6-11(7-9-14)16(18,19)20/h3-10H,1-2H3. The van der Waals surface area contributed by atoms with E-state index in [9.17, 15) is 17.6 Å². The van der Waals surface area contributed by atoms with E-state index in [-0.39, 0.29) is 5.75 Å². The second-order valence-electron chi connectivity index (χ2n) is 5.14. The quantitative estimate of drug-likeness (QED) is 0.711. The van der Waals surface area contributed by atoms with E-state index in [1.54, 1.807) is 26.0 Å². The van der Waals surface area contributed by atoms with Gasteiger partial charge in [-0.2, -0.15) is 13.2 Å². The van der Waals surface area contributed by atoms with E-state index in [4.69, 9.17) is 4.74 Å². The number of alkyl halides is 3. The largest absolute Gasteiger partial charge is 0.483 e. The number of rotatable bonds is 3. The van der Waals surface area contributed by atoms with Crippen molar-refractivity contribution in [3.8, 4) is 5.75 Å². The molecule has 0 saturated carbocycles. The summed E-state index contributed by atoms with van der Waals surface area (Å²) >= 11 is 0. The molecule has 0 unspecified atom stereocenters. The van der Waals surface area contributed by atoms with Crippen LogP contribution in [0.3, 0.4) is 0 Å². The van der Waals surface area contributed by atoms with E-state index in [0.29, 0.717) is 5.56 Å². The van der Waals surface area contributed by atoms with Gasteiger partial charge in [-0.05, 0) is 55.8 Å². The molecule has 0 aliphatic heterocycles. The summed E-state index contributed by atoms with van der Waals surface area (Å²) in [4.78, 5) is 0. The van der Waals surface area contributed by atoms with Gasteiger partial charge in [-0.15, -0.1) is 0 Å². The predicted octanol–water partition coefficient (Wildman–Crippen LogP) is 5.16. The Kier molecular flexibility index (Phi) is 3.94. The summed E-state index contributed by atoms with van der Waals surface area (Å²) in [7, 11) is 0. The highest BCUT2D eigenvalue weighted by atomic mass is 19.4. The Morgan fingerprint density at radius 3 is 2.00 bits per heavy atom. The molecule has 0 atom stereocenters. The molecule has 0 bridgehead atoms. The van der Waals surface area contributed by atoms with Crippen LogP contribution in [0.5, 0.6) is 5.75 Å². The van der Waals surface area contributed by atoms with Crippen LogP contribution in [0.15, 0.2) is 48.5 Å². The molecule has 112 valence electrons. The van der Waals surface area contributed by atoms with Crippen LogP contribution < -0.4 is 4.74 Å². The summed E-state index contributed by atoms with van der Waals surface area (Å²) in [6, 6.07) is 10.3. The van der Waals surface area contributed by atoms with Gasteiger partial charge < -0.3 is 4.74 Å². The number of hydrogen-bond donors (Lipinski definition) is 0. The van der Waals surface area contributed by atoms with E-state index in [0.717, 1.165) is 12.1 Å². The second kappa shape index (κ2) is 5.39. The summed E-state index contributed by atoms with van der Waals surface area (Å²) < 4.78 is 56.4. The van der Waals surface area contributed by atoms with Crippen molar-refractivity contribution in [1.29, 1.82) is 0 Å². The molecule has 0 aromatic heterocycles. The SMILES string of the molecule is CC(C)(Oc1ccc(C(F)(F)F)cc1)c1cccc(F)c1. The topological polar surface area (TPSA) is 9.23 Å². The van der Waals surface area contributed by atoms with Crippen LogP contribution in [0.1, 0.15) is 25.0 Å². The third kappa shape index (κ3) is 3.74. The minimum atomic E-state index is -4.38. The maximum atomic E-state index is 13.2. The summed E-state index contributed by atoms with van der Waals surface area (Å²) in [6.45, 7) is 3.44. The molecule has 0 fully saturated rings. The fourth-order valence-electron chi connectivity index (χ4n) is 1.93. The highest BCUT2D eigenvalue weighted by Crippen LogP contribution is 2.32.